The summed E-state index contributed by atoms with van der Waals surface area (Å²) in [5, 5.41) is 9.52. The van der Waals surface area contributed by atoms with Gasteiger partial charge in [-0.15, -0.1) is 0 Å². The average molecular weight is 289 g/mol. The van der Waals surface area contributed by atoms with Crippen molar-refractivity contribution < 1.29 is 9.90 Å². The molecule has 116 valence electrons. The number of benzene rings is 1. The van der Waals surface area contributed by atoms with Crippen LogP contribution in [0, 0.1) is 11.3 Å². The number of likely N-dealkylation sites (tertiary alicyclic amines) is 1. The lowest BCUT2D eigenvalue weighted by molar-refractivity contribution is -0.152. The van der Waals surface area contributed by atoms with Crippen molar-refractivity contribution >= 4 is 5.97 Å². The molecule has 21 heavy (non-hydrogen) atoms. The molecule has 3 heteroatoms. The van der Waals surface area contributed by atoms with Gasteiger partial charge in [-0.2, -0.15) is 0 Å². The first-order valence-electron chi connectivity index (χ1n) is 7.95. The lowest BCUT2D eigenvalue weighted by Crippen LogP contribution is -2.47. The molecule has 1 heterocycles. The molecule has 1 aromatic rings. The van der Waals surface area contributed by atoms with Crippen LogP contribution in [0.3, 0.4) is 0 Å². The molecule has 1 saturated heterocycles. The second-order valence-electron chi connectivity index (χ2n) is 7.00. The van der Waals surface area contributed by atoms with Gasteiger partial charge in [0.05, 0.1) is 5.41 Å². The van der Waals surface area contributed by atoms with Crippen LogP contribution in [-0.2, 0) is 4.79 Å². The molecule has 3 nitrogen and oxygen atoms in total. The second-order valence-corrected chi connectivity index (χ2v) is 7.00. The van der Waals surface area contributed by atoms with Gasteiger partial charge in [-0.1, -0.05) is 44.2 Å². The Morgan fingerprint density at radius 2 is 2.00 bits per heavy atom. The van der Waals surface area contributed by atoms with Crippen LogP contribution >= 0.6 is 0 Å². The third-order valence-corrected chi connectivity index (χ3v) is 4.56. The molecule has 2 atom stereocenters. The monoisotopic (exact) mass is 289 g/mol. The zero-order valence-corrected chi connectivity index (χ0v) is 13.4. The first kappa shape index (κ1) is 16.0. The van der Waals surface area contributed by atoms with E-state index in [1.807, 2.05) is 13.0 Å². The van der Waals surface area contributed by atoms with Gasteiger partial charge in [-0.3, -0.25) is 9.69 Å². The summed E-state index contributed by atoms with van der Waals surface area (Å²) >= 11 is 0. The number of nitrogens with zero attached hydrogens (tertiary/aromatic N) is 1. The number of carboxylic acid groups (broad SMARTS) is 1. The summed E-state index contributed by atoms with van der Waals surface area (Å²) in [5.41, 5.74) is 0.697. The number of hydrogen-bond acceptors (Lipinski definition) is 2. The van der Waals surface area contributed by atoms with Crippen LogP contribution in [0.25, 0.3) is 0 Å². The fourth-order valence-corrected chi connectivity index (χ4v) is 3.34. The molecule has 0 spiro atoms. The van der Waals surface area contributed by atoms with E-state index in [2.05, 4.69) is 43.0 Å². The van der Waals surface area contributed by atoms with E-state index in [4.69, 9.17) is 0 Å². The zero-order chi connectivity index (χ0) is 15.5. The van der Waals surface area contributed by atoms with Crippen LogP contribution < -0.4 is 0 Å². The maximum Gasteiger partial charge on any atom is 0.310 e. The SMILES string of the molecule is CC(C)CC(c1ccccc1)N1CCCC(C)(C(=O)O)C1. The predicted molar refractivity (Wildman–Crippen MR) is 85.2 cm³/mol. The fourth-order valence-electron chi connectivity index (χ4n) is 3.34. The maximum atomic E-state index is 11.6. The van der Waals surface area contributed by atoms with Gasteiger partial charge < -0.3 is 5.11 Å². The summed E-state index contributed by atoms with van der Waals surface area (Å²) in [6.45, 7) is 8.00. The third-order valence-electron chi connectivity index (χ3n) is 4.56. The van der Waals surface area contributed by atoms with Gasteiger partial charge in [0, 0.05) is 12.6 Å². The first-order valence-corrected chi connectivity index (χ1v) is 7.95. The number of carbonyl (C=O) groups is 1. The third kappa shape index (κ3) is 3.85. The number of piperidine rings is 1. The Labute approximate surface area is 128 Å². The van der Waals surface area contributed by atoms with Crippen LogP contribution in [0.4, 0.5) is 0 Å². The van der Waals surface area contributed by atoms with E-state index in [0.29, 0.717) is 18.5 Å². The molecular formula is C18H27NO2. The lowest BCUT2D eigenvalue weighted by atomic mass is 9.80. The molecule has 2 rings (SSSR count). The maximum absolute atomic E-state index is 11.6. The Bertz CT molecular complexity index is 471. The topological polar surface area (TPSA) is 40.5 Å². The minimum atomic E-state index is -0.663. The summed E-state index contributed by atoms with van der Waals surface area (Å²) in [5.74, 6) is -0.0724. The summed E-state index contributed by atoms with van der Waals surface area (Å²) in [6, 6.07) is 10.8. The zero-order valence-electron chi connectivity index (χ0n) is 13.4. The molecule has 1 aromatic carbocycles. The molecular weight excluding hydrogens is 262 g/mol. The van der Waals surface area contributed by atoms with Gasteiger partial charge in [-0.05, 0) is 44.2 Å². The van der Waals surface area contributed by atoms with Crippen LogP contribution in [0.2, 0.25) is 0 Å². The van der Waals surface area contributed by atoms with E-state index < -0.39 is 11.4 Å². The summed E-state index contributed by atoms with van der Waals surface area (Å²) < 4.78 is 0. The largest absolute Gasteiger partial charge is 0.481 e. The van der Waals surface area contributed by atoms with E-state index in [0.717, 1.165) is 25.8 Å². The van der Waals surface area contributed by atoms with Crippen LogP contribution in [0.15, 0.2) is 30.3 Å². The Kier molecular flexibility index (Phi) is 5.04. The molecule has 0 aromatic heterocycles. The van der Waals surface area contributed by atoms with Crippen molar-refractivity contribution in [1.29, 1.82) is 0 Å². The number of aliphatic carboxylic acids is 1. The fraction of sp³-hybridized carbons (Fsp3) is 0.611. The van der Waals surface area contributed by atoms with Crippen LogP contribution in [0.1, 0.15) is 51.6 Å². The lowest BCUT2D eigenvalue weighted by Gasteiger charge is -2.42. The molecule has 1 fully saturated rings. The van der Waals surface area contributed by atoms with E-state index >= 15 is 0 Å². The smallest absolute Gasteiger partial charge is 0.310 e. The van der Waals surface area contributed by atoms with E-state index in [1.165, 1.54) is 5.56 Å². The van der Waals surface area contributed by atoms with Gasteiger partial charge in [-0.25, -0.2) is 0 Å². The molecule has 0 aliphatic carbocycles. The average Bonchev–Trinajstić information content (AvgIpc) is 2.45. The Morgan fingerprint density at radius 3 is 2.57 bits per heavy atom. The highest BCUT2D eigenvalue weighted by Gasteiger charge is 2.40. The van der Waals surface area contributed by atoms with Crippen molar-refractivity contribution in [2.24, 2.45) is 11.3 Å². The van der Waals surface area contributed by atoms with Crippen molar-refractivity contribution in [3.05, 3.63) is 35.9 Å². The quantitative estimate of drug-likeness (QED) is 0.892. The van der Waals surface area contributed by atoms with Crippen molar-refractivity contribution in [3.8, 4) is 0 Å². The molecule has 1 N–H and O–H groups in total. The number of rotatable bonds is 5. The van der Waals surface area contributed by atoms with E-state index in [1.54, 1.807) is 0 Å². The number of hydrogen-bond donors (Lipinski definition) is 1. The van der Waals surface area contributed by atoms with Gasteiger partial charge in [0.1, 0.15) is 0 Å². The van der Waals surface area contributed by atoms with Crippen molar-refractivity contribution in [2.45, 2.75) is 46.1 Å². The molecule has 0 bridgehead atoms. The highest BCUT2D eigenvalue weighted by molar-refractivity contribution is 5.74. The standard InChI is InChI=1S/C18H27NO2/c1-14(2)12-16(15-8-5-4-6-9-15)19-11-7-10-18(3,13-19)17(20)21/h4-6,8-9,14,16H,7,10-13H2,1-3H3,(H,20,21). The predicted octanol–water partition coefficient (Wildman–Crippen LogP) is 3.96. The summed E-state index contributed by atoms with van der Waals surface area (Å²) in [4.78, 5) is 14.0. The highest BCUT2D eigenvalue weighted by Crippen LogP contribution is 2.36. The Hall–Kier alpha value is -1.35. The summed E-state index contributed by atoms with van der Waals surface area (Å²) in [6.07, 6.45) is 2.81. The Balaban J connectivity index is 2.22. The summed E-state index contributed by atoms with van der Waals surface area (Å²) in [7, 11) is 0. The van der Waals surface area contributed by atoms with Crippen LogP contribution in [-0.4, -0.2) is 29.1 Å². The molecule has 2 unspecified atom stereocenters. The van der Waals surface area contributed by atoms with Crippen molar-refractivity contribution in [1.82, 2.24) is 4.90 Å². The molecule has 0 amide bonds. The van der Waals surface area contributed by atoms with Crippen molar-refractivity contribution in [3.63, 3.8) is 0 Å². The van der Waals surface area contributed by atoms with Crippen LogP contribution in [0.5, 0.6) is 0 Å². The van der Waals surface area contributed by atoms with Gasteiger partial charge in [0.15, 0.2) is 0 Å². The normalized spacial score (nSPS) is 25.0. The van der Waals surface area contributed by atoms with Crippen molar-refractivity contribution in [2.75, 3.05) is 13.1 Å². The highest BCUT2D eigenvalue weighted by atomic mass is 16.4. The van der Waals surface area contributed by atoms with Gasteiger partial charge in [0.2, 0.25) is 0 Å². The minimum Gasteiger partial charge on any atom is -0.481 e. The van der Waals surface area contributed by atoms with Gasteiger partial charge >= 0.3 is 5.97 Å². The second kappa shape index (κ2) is 6.61. The van der Waals surface area contributed by atoms with Gasteiger partial charge in [0.25, 0.3) is 0 Å². The first-order chi connectivity index (χ1) is 9.92. The van der Waals surface area contributed by atoms with E-state index in [-0.39, 0.29) is 0 Å². The number of carboxylic acids is 1. The molecule has 1 aliphatic heterocycles. The molecule has 0 saturated carbocycles. The van der Waals surface area contributed by atoms with E-state index in [9.17, 15) is 9.90 Å². The molecule has 1 aliphatic rings. The molecule has 0 radical (unpaired) electrons. The minimum absolute atomic E-state index is 0.324. The Morgan fingerprint density at radius 1 is 1.33 bits per heavy atom.